The minimum Gasteiger partial charge on any atom is -0.396 e. The molecule has 1 atom stereocenters. The molecule has 0 bridgehead atoms. The topological polar surface area (TPSA) is 120 Å². The van der Waals surface area contributed by atoms with Gasteiger partial charge in [-0.3, -0.25) is 14.3 Å². The van der Waals surface area contributed by atoms with Crippen molar-refractivity contribution in [2.75, 3.05) is 38.0 Å². The van der Waals surface area contributed by atoms with Crippen molar-refractivity contribution in [1.29, 1.82) is 0 Å². The molecule has 11 heteroatoms. The zero-order chi connectivity index (χ0) is 25.5. The lowest BCUT2D eigenvalue weighted by atomic mass is 9.68. The minimum atomic E-state index is -3.85. The van der Waals surface area contributed by atoms with Crippen molar-refractivity contribution < 1.29 is 23.1 Å². The van der Waals surface area contributed by atoms with Gasteiger partial charge in [0.25, 0.3) is 15.9 Å². The first kappa shape index (κ1) is 24.7. The Labute approximate surface area is 213 Å². The van der Waals surface area contributed by atoms with Crippen LogP contribution in [0.1, 0.15) is 29.6 Å². The molecular weight excluding hydrogens is 500 g/mol. The Morgan fingerprint density at radius 3 is 2.53 bits per heavy atom. The molecule has 2 amide bonds. The van der Waals surface area contributed by atoms with E-state index in [0.29, 0.717) is 49.2 Å². The van der Waals surface area contributed by atoms with Crippen molar-refractivity contribution in [3.8, 4) is 0 Å². The number of aliphatic hydroxyl groups is 1. The third kappa shape index (κ3) is 4.35. The smallest absolute Gasteiger partial charge is 0.264 e. The Hall–Kier alpha value is -3.02. The first-order valence-corrected chi connectivity index (χ1v) is 14.2. The Bertz CT molecular complexity index is 1400. The van der Waals surface area contributed by atoms with E-state index in [9.17, 15) is 23.1 Å². The fourth-order valence-electron chi connectivity index (χ4n) is 5.31. The third-order valence-electron chi connectivity index (χ3n) is 7.53. The molecule has 2 aliphatic heterocycles. The number of aromatic nitrogens is 1. The van der Waals surface area contributed by atoms with Gasteiger partial charge in [0.05, 0.1) is 10.2 Å². The Morgan fingerprint density at radius 2 is 1.89 bits per heavy atom. The summed E-state index contributed by atoms with van der Waals surface area (Å²) in [4.78, 5) is 33.4. The number of carbonyl (C=O) groups is 2. The molecule has 0 aliphatic carbocycles. The molecule has 190 valence electrons. The standard InChI is InChI=1S/C25H28N4O5S2/c1-28-12-9-19(24(28)32)25(15-30)10-13-29(14-11-25)23(31)17-5-7-18(8-6-17)27-36(33,34)21-4-2-3-20-22(21)26-16-35-20/h2-8,16,19,27,30H,9-15H2,1H3. The number of para-hydroxylation sites is 1. The number of sulfonamides is 1. The highest BCUT2D eigenvalue weighted by atomic mass is 32.2. The van der Waals surface area contributed by atoms with Crippen LogP contribution in [0.5, 0.6) is 0 Å². The third-order valence-corrected chi connectivity index (χ3v) is 9.73. The van der Waals surface area contributed by atoms with Gasteiger partial charge in [0.1, 0.15) is 10.4 Å². The number of piperidine rings is 1. The van der Waals surface area contributed by atoms with E-state index in [2.05, 4.69) is 9.71 Å². The van der Waals surface area contributed by atoms with Gasteiger partial charge in [-0.1, -0.05) is 6.07 Å². The van der Waals surface area contributed by atoms with Crippen molar-refractivity contribution >= 4 is 49.1 Å². The highest BCUT2D eigenvalue weighted by molar-refractivity contribution is 7.93. The summed E-state index contributed by atoms with van der Waals surface area (Å²) in [5, 5.41) is 10.2. The number of nitrogens with one attached hydrogen (secondary N) is 1. The van der Waals surface area contributed by atoms with E-state index in [1.807, 2.05) is 6.07 Å². The van der Waals surface area contributed by atoms with Gasteiger partial charge in [0.15, 0.2) is 0 Å². The highest BCUT2D eigenvalue weighted by Crippen LogP contribution is 2.43. The summed E-state index contributed by atoms with van der Waals surface area (Å²) < 4.78 is 29.3. The number of aliphatic hydroxyl groups excluding tert-OH is 1. The summed E-state index contributed by atoms with van der Waals surface area (Å²) in [6.07, 6.45) is 1.87. The molecule has 2 N–H and O–H groups in total. The molecule has 0 radical (unpaired) electrons. The average Bonchev–Trinajstić information content (AvgIpc) is 3.50. The first-order valence-electron chi connectivity index (χ1n) is 11.8. The number of hydrogen-bond acceptors (Lipinski definition) is 7. The quantitative estimate of drug-likeness (QED) is 0.508. The van der Waals surface area contributed by atoms with E-state index >= 15 is 0 Å². The maximum absolute atomic E-state index is 13.1. The van der Waals surface area contributed by atoms with Gasteiger partial charge in [0, 0.05) is 55.9 Å². The van der Waals surface area contributed by atoms with Gasteiger partial charge in [-0.2, -0.15) is 0 Å². The number of hydrogen-bond donors (Lipinski definition) is 2. The molecule has 2 aromatic carbocycles. The molecule has 0 saturated carbocycles. The summed E-state index contributed by atoms with van der Waals surface area (Å²) >= 11 is 1.37. The average molecular weight is 529 g/mol. The maximum Gasteiger partial charge on any atom is 0.264 e. The Kier molecular flexibility index (Phi) is 6.48. The zero-order valence-electron chi connectivity index (χ0n) is 19.9. The number of benzene rings is 2. The number of rotatable bonds is 6. The van der Waals surface area contributed by atoms with Crippen molar-refractivity contribution in [3.63, 3.8) is 0 Å². The van der Waals surface area contributed by atoms with Crippen molar-refractivity contribution in [3.05, 3.63) is 53.5 Å². The zero-order valence-corrected chi connectivity index (χ0v) is 21.5. The van der Waals surface area contributed by atoms with E-state index in [1.54, 1.807) is 52.7 Å². The molecule has 5 rings (SSSR count). The SMILES string of the molecule is CN1CCC(C2(CO)CCN(C(=O)c3ccc(NS(=O)(=O)c4cccc5scnc45)cc3)CC2)C1=O. The number of likely N-dealkylation sites (tertiary alicyclic amines) is 2. The van der Waals surface area contributed by atoms with Crippen molar-refractivity contribution in [2.45, 2.75) is 24.2 Å². The maximum atomic E-state index is 13.1. The lowest BCUT2D eigenvalue weighted by Gasteiger charge is -2.43. The highest BCUT2D eigenvalue weighted by Gasteiger charge is 2.48. The van der Waals surface area contributed by atoms with E-state index in [4.69, 9.17) is 0 Å². The van der Waals surface area contributed by atoms with Gasteiger partial charge in [0.2, 0.25) is 5.91 Å². The second-order valence-electron chi connectivity index (χ2n) is 9.55. The molecule has 2 aliphatic rings. The van der Waals surface area contributed by atoms with Gasteiger partial charge < -0.3 is 14.9 Å². The summed E-state index contributed by atoms with van der Waals surface area (Å²) in [6, 6.07) is 11.4. The molecular formula is C25H28N4O5S2. The van der Waals surface area contributed by atoms with Crippen molar-refractivity contribution in [2.24, 2.45) is 11.3 Å². The molecule has 9 nitrogen and oxygen atoms in total. The largest absolute Gasteiger partial charge is 0.396 e. The normalized spacial score (nSPS) is 20.2. The molecule has 3 aromatic rings. The van der Waals surface area contributed by atoms with Gasteiger partial charge in [-0.05, 0) is 55.7 Å². The van der Waals surface area contributed by atoms with Crippen LogP contribution < -0.4 is 4.72 Å². The van der Waals surface area contributed by atoms with Crippen LogP contribution in [0.2, 0.25) is 0 Å². The van der Waals surface area contributed by atoms with Crippen LogP contribution >= 0.6 is 11.3 Å². The first-order chi connectivity index (χ1) is 17.2. The van der Waals surface area contributed by atoms with E-state index in [-0.39, 0.29) is 29.2 Å². The lowest BCUT2D eigenvalue weighted by molar-refractivity contribution is -0.136. The molecule has 2 saturated heterocycles. The predicted octanol–water partition coefficient (Wildman–Crippen LogP) is 2.79. The summed E-state index contributed by atoms with van der Waals surface area (Å²) in [5.74, 6) is -0.280. The van der Waals surface area contributed by atoms with Crippen LogP contribution in [0.25, 0.3) is 10.2 Å². The van der Waals surface area contributed by atoms with E-state index < -0.39 is 15.4 Å². The fourth-order valence-corrected chi connectivity index (χ4v) is 7.31. The number of fused-ring (bicyclic) bond motifs is 1. The van der Waals surface area contributed by atoms with Crippen molar-refractivity contribution in [1.82, 2.24) is 14.8 Å². The van der Waals surface area contributed by atoms with Gasteiger partial charge in [-0.15, -0.1) is 11.3 Å². The second-order valence-corrected chi connectivity index (χ2v) is 12.1. The summed E-state index contributed by atoms with van der Waals surface area (Å²) in [5.41, 5.74) is 2.35. The second kappa shape index (κ2) is 9.45. The van der Waals surface area contributed by atoms with Gasteiger partial charge >= 0.3 is 0 Å². The Balaban J connectivity index is 1.25. The Morgan fingerprint density at radius 1 is 1.17 bits per heavy atom. The molecule has 1 unspecified atom stereocenters. The van der Waals surface area contributed by atoms with E-state index in [0.717, 1.165) is 11.1 Å². The van der Waals surface area contributed by atoms with Crippen LogP contribution in [-0.2, 0) is 14.8 Å². The fraction of sp³-hybridized carbons (Fsp3) is 0.400. The van der Waals surface area contributed by atoms with Crippen LogP contribution in [0, 0.1) is 11.3 Å². The molecule has 2 fully saturated rings. The number of nitrogens with zero attached hydrogens (tertiary/aromatic N) is 3. The van der Waals surface area contributed by atoms with Gasteiger partial charge in [-0.25, -0.2) is 13.4 Å². The molecule has 0 spiro atoms. The number of thiazole rings is 1. The van der Waals surface area contributed by atoms with Crippen LogP contribution in [-0.4, -0.2) is 73.4 Å². The van der Waals surface area contributed by atoms with Crippen LogP contribution in [0.15, 0.2) is 52.9 Å². The molecule has 1 aromatic heterocycles. The number of carbonyl (C=O) groups excluding carboxylic acids is 2. The molecule has 3 heterocycles. The minimum absolute atomic E-state index is 0.0667. The summed E-state index contributed by atoms with van der Waals surface area (Å²) in [7, 11) is -2.06. The summed E-state index contributed by atoms with van der Waals surface area (Å²) in [6.45, 7) is 1.55. The molecule has 36 heavy (non-hydrogen) atoms. The predicted molar refractivity (Wildman–Crippen MR) is 137 cm³/mol. The van der Waals surface area contributed by atoms with Crippen LogP contribution in [0.4, 0.5) is 5.69 Å². The van der Waals surface area contributed by atoms with Crippen LogP contribution in [0.3, 0.4) is 0 Å². The number of amides is 2. The van der Waals surface area contributed by atoms with E-state index in [1.165, 1.54) is 17.4 Å². The number of anilines is 1. The lowest BCUT2D eigenvalue weighted by Crippen LogP contribution is -2.49. The monoisotopic (exact) mass is 528 g/mol.